The Bertz CT molecular complexity index is 1650. The van der Waals surface area contributed by atoms with Crippen LogP contribution >= 0.6 is 11.6 Å². The van der Waals surface area contributed by atoms with Crippen molar-refractivity contribution in [1.82, 2.24) is 14.8 Å². The number of carbonyl (C=O) groups excluding carboxylic acids is 2. The Labute approximate surface area is 211 Å². The van der Waals surface area contributed by atoms with Crippen LogP contribution in [0.15, 0.2) is 65.8 Å². The first-order valence-electron chi connectivity index (χ1n) is 10.9. The van der Waals surface area contributed by atoms with E-state index in [1.807, 2.05) is 12.1 Å². The van der Waals surface area contributed by atoms with Crippen molar-refractivity contribution in [2.75, 3.05) is 11.6 Å². The Morgan fingerprint density at radius 2 is 1.86 bits per heavy atom. The maximum Gasteiger partial charge on any atom is 0.269 e. The van der Waals surface area contributed by atoms with E-state index in [4.69, 9.17) is 17.3 Å². The second kappa shape index (κ2) is 8.89. The molecule has 0 fully saturated rings. The number of rotatable bonds is 5. The lowest BCUT2D eigenvalue weighted by Gasteiger charge is -2.20. The minimum absolute atomic E-state index is 0.0765. The Balaban J connectivity index is 1.61. The van der Waals surface area contributed by atoms with Crippen molar-refractivity contribution in [1.29, 1.82) is 0 Å². The second-order valence-electron chi connectivity index (χ2n) is 8.38. The van der Waals surface area contributed by atoms with Gasteiger partial charge in [-0.25, -0.2) is 18.1 Å². The number of anilines is 1. The summed E-state index contributed by atoms with van der Waals surface area (Å²) in [7, 11) is -3.48. The zero-order valence-corrected chi connectivity index (χ0v) is 20.6. The van der Waals surface area contributed by atoms with Crippen molar-refractivity contribution in [3.8, 4) is 16.9 Å². The van der Waals surface area contributed by atoms with Crippen LogP contribution in [-0.4, -0.2) is 41.3 Å². The lowest BCUT2D eigenvalue weighted by Crippen LogP contribution is -2.15. The van der Waals surface area contributed by atoms with Crippen molar-refractivity contribution in [3.63, 3.8) is 0 Å². The molecule has 4 aromatic rings. The average molecular weight is 522 g/mol. The van der Waals surface area contributed by atoms with Crippen molar-refractivity contribution >= 4 is 38.9 Å². The molecular weight excluding hydrogens is 502 g/mol. The third-order valence-corrected chi connectivity index (χ3v) is 7.28. The number of amides is 2. The lowest BCUT2D eigenvalue weighted by atomic mass is 9.88. The molecule has 0 bridgehead atoms. The summed E-state index contributed by atoms with van der Waals surface area (Å²) in [5, 5.41) is 7.58. The minimum Gasteiger partial charge on any atom is -0.364 e. The third-order valence-electron chi connectivity index (χ3n) is 5.95. The van der Waals surface area contributed by atoms with Gasteiger partial charge in [-0.2, -0.15) is 5.10 Å². The molecule has 0 unspecified atom stereocenters. The summed E-state index contributed by atoms with van der Waals surface area (Å²) in [6.45, 7) is 0. The summed E-state index contributed by atoms with van der Waals surface area (Å²) in [4.78, 5) is 29.1. The summed E-state index contributed by atoms with van der Waals surface area (Å²) >= 11 is 6.17. The first-order valence-corrected chi connectivity index (χ1v) is 13.2. The molecule has 2 amide bonds. The molecule has 0 aliphatic heterocycles. The molecule has 2 aromatic carbocycles. The molecule has 11 heteroatoms. The number of hydrogen-bond donors (Lipinski definition) is 2. The maximum atomic E-state index is 12.8. The summed E-state index contributed by atoms with van der Waals surface area (Å²) < 4.78 is 25.2. The van der Waals surface area contributed by atoms with Gasteiger partial charge in [-0.1, -0.05) is 29.8 Å². The summed E-state index contributed by atoms with van der Waals surface area (Å²) in [6, 6.07) is 15.2. The number of carbonyl (C=O) groups is 2. The predicted octanol–water partition coefficient (Wildman–Crippen LogP) is 3.44. The largest absolute Gasteiger partial charge is 0.364 e. The summed E-state index contributed by atoms with van der Waals surface area (Å²) in [5.41, 5.74) is 10.2. The normalized spacial score (nSPS) is 12.5. The number of aromatic nitrogens is 3. The molecule has 0 radical (unpaired) electrons. The lowest BCUT2D eigenvalue weighted by molar-refractivity contribution is 0.0992. The molecule has 5 rings (SSSR count). The number of hydrogen-bond acceptors (Lipinski definition) is 6. The number of benzene rings is 2. The number of nitrogens with zero attached hydrogens (tertiary/aromatic N) is 3. The van der Waals surface area contributed by atoms with E-state index in [1.54, 1.807) is 36.4 Å². The molecule has 9 nitrogen and oxygen atoms in total. The number of halogens is 1. The molecule has 182 valence electrons. The van der Waals surface area contributed by atoms with Crippen LogP contribution in [0.5, 0.6) is 0 Å². The monoisotopic (exact) mass is 521 g/mol. The number of aryl methyl sites for hydroxylation is 1. The number of pyridine rings is 1. The van der Waals surface area contributed by atoms with Gasteiger partial charge in [-0.3, -0.25) is 9.59 Å². The van der Waals surface area contributed by atoms with E-state index in [2.05, 4.69) is 15.4 Å². The van der Waals surface area contributed by atoms with Gasteiger partial charge in [-0.15, -0.1) is 0 Å². The van der Waals surface area contributed by atoms with Gasteiger partial charge in [0.25, 0.3) is 11.8 Å². The molecule has 3 N–H and O–H groups in total. The summed E-state index contributed by atoms with van der Waals surface area (Å²) in [6.07, 6.45) is 3.65. The summed E-state index contributed by atoms with van der Waals surface area (Å²) in [5.74, 6) is -1.03. The topological polar surface area (TPSA) is 137 Å². The van der Waals surface area contributed by atoms with Gasteiger partial charge in [0, 0.05) is 23.1 Å². The van der Waals surface area contributed by atoms with Crippen molar-refractivity contribution < 1.29 is 18.0 Å². The number of sulfone groups is 1. The smallest absolute Gasteiger partial charge is 0.269 e. The van der Waals surface area contributed by atoms with Crippen LogP contribution in [0.2, 0.25) is 5.02 Å². The van der Waals surface area contributed by atoms with Crippen molar-refractivity contribution in [3.05, 3.63) is 88.2 Å². The highest BCUT2D eigenvalue weighted by atomic mass is 35.5. The van der Waals surface area contributed by atoms with Crippen LogP contribution < -0.4 is 11.1 Å². The van der Waals surface area contributed by atoms with Crippen LogP contribution in [0.25, 0.3) is 16.9 Å². The molecule has 0 saturated heterocycles. The second-order valence-corrected chi connectivity index (χ2v) is 10.8. The van der Waals surface area contributed by atoms with Gasteiger partial charge in [0.05, 0.1) is 28.2 Å². The molecule has 0 spiro atoms. The molecule has 0 atom stereocenters. The van der Waals surface area contributed by atoms with Crippen LogP contribution in [0, 0.1) is 0 Å². The van der Waals surface area contributed by atoms with Gasteiger partial charge >= 0.3 is 0 Å². The SMILES string of the molecule is CS(=O)(=O)c1ccc(-n2nc(C(N)=O)c3c2-c2cc(NC(=O)c4ccccc4Cl)ccc2CC3)cn1. The highest BCUT2D eigenvalue weighted by Gasteiger charge is 2.28. The molecule has 2 aromatic heterocycles. The van der Waals surface area contributed by atoms with Crippen molar-refractivity contribution in [2.45, 2.75) is 17.9 Å². The van der Waals surface area contributed by atoms with Crippen LogP contribution in [0.4, 0.5) is 5.69 Å². The van der Waals surface area contributed by atoms with E-state index in [0.717, 1.165) is 17.4 Å². The van der Waals surface area contributed by atoms with E-state index in [-0.39, 0.29) is 16.6 Å². The van der Waals surface area contributed by atoms with Gasteiger partial charge < -0.3 is 11.1 Å². The fraction of sp³-hybridized carbons (Fsp3) is 0.120. The van der Waals surface area contributed by atoms with Gasteiger partial charge in [-0.05, 0) is 54.8 Å². The zero-order valence-electron chi connectivity index (χ0n) is 19.0. The number of nitrogens with two attached hydrogens (primary N) is 1. The third kappa shape index (κ3) is 4.25. The van der Waals surface area contributed by atoms with Crippen LogP contribution in [-0.2, 0) is 22.7 Å². The highest BCUT2D eigenvalue weighted by Crippen LogP contribution is 2.38. The molecule has 1 aliphatic rings. The fourth-order valence-corrected chi connectivity index (χ4v) is 5.04. The molecule has 36 heavy (non-hydrogen) atoms. The van der Waals surface area contributed by atoms with Gasteiger partial charge in [0.1, 0.15) is 0 Å². The average Bonchev–Trinajstić information content (AvgIpc) is 3.24. The zero-order chi connectivity index (χ0) is 25.6. The fourth-order valence-electron chi connectivity index (χ4n) is 4.26. The van der Waals surface area contributed by atoms with E-state index in [0.29, 0.717) is 46.1 Å². The van der Waals surface area contributed by atoms with E-state index < -0.39 is 15.7 Å². The highest BCUT2D eigenvalue weighted by molar-refractivity contribution is 7.90. The Kier molecular flexibility index (Phi) is 5.85. The van der Waals surface area contributed by atoms with Crippen LogP contribution in [0.1, 0.15) is 32.0 Å². The van der Waals surface area contributed by atoms with E-state index in [1.165, 1.54) is 16.9 Å². The first-order chi connectivity index (χ1) is 17.1. The van der Waals surface area contributed by atoms with Gasteiger partial charge in [0.2, 0.25) is 0 Å². The molecule has 0 saturated carbocycles. The number of primary amides is 1. The minimum atomic E-state index is -3.48. The predicted molar refractivity (Wildman–Crippen MR) is 135 cm³/mol. The Morgan fingerprint density at radius 3 is 2.53 bits per heavy atom. The van der Waals surface area contributed by atoms with Crippen molar-refractivity contribution in [2.24, 2.45) is 5.73 Å². The standard InChI is InChI=1S/C25H20ClN5O4S/c1-36(34,35)21-11-9-16(13-28-21)31-23-18(22(30-31)24(27)32)10-7-14-6-8-15(12-19(14)23)29-25(33)17-4-2-3-5-20(17)26/h2-6,8-9,11-13H,7,10H2,1H3,(H2,27,32)(H,29,33). The first kappa shape index (κ1) is 23.7. The number of fused-ring (bicyclic) bond motifs is 3. The quantitative estimate of drug-likeness (QED) is 0.412. The van der Waals surface area contributed by atoms with Crippen LogP contribution in [0.3, 0.4) is 0 Å². The molecular formula is C25H20ClN5O4S. The molecule has 2 heterocycles. The number of nitrogens with one attached hydrogen (secondary N) is 1. The van der Waals surface area contributed by atoms with E-state index in [9.17, 15) is 18.0 Å². The van der Waals surface area contributed by atoms with Gasteiger partial charge in [0.15, 0.2) is 20.6 Å². The maximum absolute atomic E-state index is 12.8. The van der Waals surface area contributed by atoms with E-state index >= 15 is 0 Å². The Morgan fingerprint density at radius 1 is 1.08 bits per heavy atom. The molecule has 1 aliphatic carbocycles. The Hall–Kier alpha value is -4.02.